The Balaban J connectivity index is 1.70. The first-order valence-corrected chi connectivity index (χ1v) is 12.2. The molecule has 2 heterocycles. The molecule has 0 radical (unpaired) electrons. The van der Waals surface area contributed by atoms with Crippen LogP contribution in [0.5, 0.6) is 0 Å². The van der Waals surface area contributed by atoms with E-state index in [1.165, 1.54) is 62.6 Å². The molecule has 32 heavy (non-hydrogen) atoms. The molecule has 0 bridgehead atoms. The first-order chi connectivity index (χ1) is 15.8. The number of aromatic nitrogens is 1. The van der Waals surface area contributed by atoms with Crippen LogP contribution >= 0.6 is 15.9 Å². The van der Waals surface area contributed by atoms with Gasteiger partial charge >= 0.3 is 0 Å². The van der Waals surface area contributed by atoms with Gasteiger partial charge in [-0.25, -0.2) is 0 Å². The molecule has 4 aromatic carbocycles. The van der Waals surface area contributed by atoms with Crippen LogP contribution < -0.4 is 4.90 Å². The summed E-state index contributed by atoms with van der Waals surface area (Å²) in [4.78, 5) is 6.35. The Morgan fingerprint density at radius 1 is 0.812 bits per heavy atom. The number of halogens is 1. The van der Waals surface area contributed by atoms with E-state index >= 15 is 0 Å². The normalized spacial score (nSPS) is 14.0. The van der Waals surface area contributed by atoms with Gasteiger partial charge in [0, 0.05) is 33.9 Å². The summed E-state index contributed by atoms with van der Waals surface area (Å²) in [7, 11) is 0. The molecule has 1 saturated heterocycles. The van der Waals surface area contributed by atoms with E-state index in [1.807, 2.05) is 0 Å². The number of hydrogen-bond acceptors (Lipinski definition) is 1. The Kier molecular flexibility index (Phi) is 4.99. The minimum Gasteiger partial charge on any atom is -0.370 e. The molecule has 0 aliphatic carbocycles. The molecular weight excluding hydrogens is 456 g/mol. The predicted molar refractivity (Wildman–Crippen MR) is 140 cm³/mol. The topological polar surface area (TPSA) is 19.0 Å². The monoisotopic (exact) mass is 480 g/mol. The van der Waals surface area contributed by atoms with Crippen LogP contribution in [0.4, 0.5) is 5.69 Å². The Hall–Kier alpha value is -3.04. The summed E-state index contributed by atoms with van der Waals surface area (Å²) in [5, 5.41) is 2.65. The Morgan fingerprint density at radius 3 is 2.31 bits per heavy atom. The van der Waals surface area contributed by atoms with E-state index in [4.69, 9.17) is 0 Å². The lowest BCUT2D eigenvalue weighted by atomic mass is 9.90. The molecule has 0 unspecified atom stereocenters. The summed E-state index contributed by atoms with van der Waals surface area (Å²) < 4.78 is 1.11. The maximum absolute atomic E-state index is 3.79. The minimum absolute atomic E-state index is 0.919. The van der Waals surface area contributed by atoms with E-state index in [0.717, 1.165) is 24.0 Å². The highest BCUT2D eigenvalue weighted by molar-refractivity contribution is 9.10. The van der Waals surface area contributed by atoms with Gasteiger partial charge in [-0.05, 0) is 65.8 Å². The van der Waals surface area contributed by atoms with Gasteiger partial charge in [-0.2, -0.15) is 0 Å². The van der Waals surface area contributed by atoms with Crippen LogP contribution in [-0.2, 0) is 6.42 Å². The van der Waals surface area contributed by atoms with Gasteiger partial charge in [0.2, 0.25) is 0 Å². The smallest absolute Gasteiger partial charge is 0.0709 e. The first kappa shape index (κ1) is 19.6. The second-order valence-electron chi connectivity index (χ2n) is 8.71. The van der Waals surface area contributed by atoms with E-state index in [1.54, 1.807) is 0 Å². The fourth-order valence-corrected chi connectivity index (χ4v) is 5.44. The summed E-state index contributed by atoms with van der Waals surface area (Å²) in [6, 6.07) is 30.8. The quantitative estimate of drug-likeness (QED) is 0.276. The molecule has 3 heteroatoms. The van der Waals surface area contributed by atoms with Crippen molar-refractivity contribution in [3.63, 3.8) is 0 Å². The second-order valence-corrected chi connectivity index (χ2v) is 9.63. The molecule has 158 valence electrons. The van der Waals surface area contributed by atoms with Gasteiger partial charge in [-0.15, -0.1) is 0 Å². The van der Waals surface area contributed by atoms with Crippen molar-refractivity contribution >= 4 is 43.4 Å². The predicted octanol–water partition coefficient (Wildman–Crippen LogP) is 7.94. The highest BCUT2D eigenvalue weighted by Crippen LogP contribution is 2.43. The number of aromatic amines is 1. The van der Waals surface area contributed by atoms with Gasteiger partial charge < -0.3 is 9.88 Å². The SMILES string of the molecule is Brc1ccc(-c2c(Cc3ccccc3)cc(N3CCCC3)c3[nH]c4ccccc4c23)cc1. The molecule has 0 atom stereocenters. The van der Waals surface area contributed by atoms with Crippen molar-refractivity contribution in [1.29, 1.82) is 0 Å². The number of fused-ring (bicyclic) bond motifs is 3. The number of rotatable bonds is 4. The van der Waals surface area contributed by atoms with E-state index < -0.39 is 0 Å². The van der Waals surface area contributed by atoms with Crippen molar-refractivity contribution in [3.05, 3.63) is 101 Å². The van der Waals surface area contributed by atoms with Gasteiger partial charge in [0.25, 0.3) is 0 Å². The minimum atomic E-state index is 0.919. The third-order valence-corrected chi connectivity index (χ3v) is 7.19. The highest BCUT2D eigenvalue weighted by atomic mass is 79.9. The van der Waals surface area contributed by atoms with Gasteiger partial charge in [0.15, 0.2) is 0 Å². The summed E-state index contributed by atoms with van der Waals surface area (Å²) in [5.74, 6) is 0. The lowest BCUT2D eigenvalue weighted by molar-refractivity contribution is 0.949. The Labute approximate surface area is 197 Å². The van der Waals surface area contributed by atoms with Crippen LogP contribution in [-0.4, -0.2) is 18.1 Å². The fraction of sp³-hybridized carbons (Fsp3) is 0.172. The Morgan fingerprint density at radius 2 is 1.53 bits per heavy atom. The number of benzene rings is 4. The molecule has 1 N–H and O–H groups in total. The molecule has 1 aliphatic rings. The molecule has 0 spiro atoms. The van der Waals surface area contributed by atoms with Crippen molar-refractivity contribution in [3.8, 4) is 11.1 Å². The molecule has 1 aliphatic heterocycles. The third-order valence-electron chi connectivity index (χ3n) is 6.66. The number of nitrogens with one attached hydrogen (secondary N) is 1. The van der Waals surface area contributed by atoms with Crippen molar-refractivity contribution in [2.75, 3.05) is 18.0 Å². The molecule has 0 amide bonds. The van der Waals surface area contributed by atoms with Crippen molar-refractivity contribution < 1.29 is 0 Å². The lowest BCUT2D eigenvalue weighted by Gasteiger charge is -2.22. The summed E-state index contributed by atoms with van der Waals surface area (Å²) in [6.45, 7) is 2.26. The summed E-state index contributed by atoms with van der Waals surface area (Å²) in [6.07, 6.45) is 3.46. The summed E-state index contributed by atoms with van der Waals surface area (Å²) in [5.41, 5.74) is 9.16. The van der Waals surface area contributed by atoms with E-state index in [2.05, 4.69) is 111 Å². The number of nitrogens with zero attached hydrogens (tertiary/aromatic N) is 1. The van der Waals surface area contributed by atoms with E-state index in [9.17, 15) is 0 Å². The van der Waals surface area contributed by atoms with Crippen LogP contribution in [0, 0.1) is 0 Å². The van der Waals surface area contributed by atoms with Gasteiger partial charge in [-0.1, -0.05) is 76.6 Å². The zero-order chi connectivity index (χ0) is 21.5. The number of anilines is 1. The van der Waals surface area contributed by atoms with Crippen molar-refractivity contribution in [2.45, 2.75) is 19.3 Å². The van der Waals surface area contributed by atoms with Crippen LogP contribution in [0.25, 0.3) is 32.9 Å². The molecular formula is C29H25BrN2. The molecule has 1 aromatic heterocycles. The highest BCUT2D eigenvalue weighted by Gasteiger charge is 2.23. The van der Waals surface area contributed by atoms with Crippen molar-refractivity contribution in [1.82, 2.24) is 4.98 Å². The molecule has 2 nitrogen and oxygen atoms in total. The van der Waals surface area contributed by atoms with E-state index in [-0.39, 0.29) is 0 Å². The second kappa shape index (κ2) is 8.14. The number of hydrogen-bond donors (Lipinski definition) is 1. The van der Waals surface area contributed by atoms with Crippen LogP contribution in [0.15, 0.2) is 89.4 Å². The molecule has 1 fully saturated rings. The summed E-state index contributed by atoms with van der Waals surface area (Å²) >= 11 is 3.62. The average Bonchev–Trinajstić information content (AvgIpc) is 3.49. The maximum Gasteiger partial charge on any atom is 0.0709 e. The maximum atomic E-state index is 3.79. The van der Waals surface area contributed by atoms with Gasteiger partial charge in [0.05, 0.1) is 11.2 Å². The number of para-hydroxylation sites is 1. The zero-order valence-electron chi connectivity index (χ0n) is 17.9. The van der Waals surface area contributed by atoms with E-state index in [0.29, 0.717) is 0 Å². The number of H-pyrrole nitrogens is 1. The van der Waals surface area contributed by atoms with Gasteiger partial charge in [-0.3, -0.25) is 0 Å². The first-order valence-electron chi connectivity index (χ1n) is 11.4. The third kappa shape index (κ3) is 3.41. The standard InChI is InChI=1S/C29H25BrN2/c30-23-14-12-21(13-15-23)27-22(18-20-8-2-1-3-9-20)19-26(32-16-6-7-17-32)29-28(27)24-10-4-5-11-25(24)31-29/h1-5,8-15,19,31H,6-7,16-18H2. The van der Waals surface area contributed by atoms with Crippen LogP contribution in [0.3, 0.4) is 0 Å². The van der Waals surface area contributed by atoms with Crippen LogP contribution in [0.1, 0.15) is 24.0 Å². The molecule has 6 rings (SSSR count). The largest absolute Gasteiger partial charge is 0.370 e. The lowest BCUT2D eigenvalue weighted by Crippen LogP contribution is -2.18. The zero-order valence-corrected chi connectivity index (χ0v) is 19.5. The average molecular weight is 481 g/mol. The fourth-order valence-electron chi connectivity index (χ4n) is 5.17. The van der Waals surface area contributed by atoms with Gasteiger partial charge in [0.1, 0.15) is 0 Å². The van der Waals surface area contributed by atoms with Crippen molar-refractivity contribution in [2.24, 2.45) is 0 Å². The van der Waals surface area contributed by atoms with Crippen LogP contribution in [0.2, 0.25) is 0 Å². The molecule has 0 saturated carbocycles. The molecule has 5 aromatic rings. The Bertz CT molecular complexity index is 1390.